The second kappa shape index (κ2) is 32.2. The molecule has 4 N–H and O–H groups in total. The first kappa shape index (κ1) is 40.3. The standard InChI is InChI=1S/C37H67NO4/c1-3-5-7-9-11-13-15-16-17-18-19-20-22-24-26-28-30-32-36(41)38-34(33-39)37(42)35(40)31-29-27-25-23-21-14-12-10-8-6-4-2/h10-13,16-17,23,25,34-35,37,39-40,42H,3-9,14-15,18-22,24,26-33H2,1-2H3,(H,38,41)/b12-10+,13-11-,17-16-,25-23+. The molecular weight excluding hydrogens is 522 g/mol. The molecule has 0 aromatic heterocycles. The van der Waals surface area contributed by atoms with E-state index in [-0.39, 0.29) is 12.5 Å². The van der Waals surface area contributed by atoms with E-state index in [1.165, 1.54) is 64.2 Å². The molecule has 3 atom stereocenters. The van der Waals surface area contributed by atoms with Gasteiger partial charge in [-0.25, -0.2) is 0 Å². The largest absolute Gasteiger partial charge is 0.394 e. The number of allylic oxidation sites excluding steroid dienone is 8. The fourth-order valence-electron chi connectivity index (χ4n) is 4.84. The molecule has 42 heavy (non-hydrogen) atoms. The maximum Gasteiger partial charge on any atom is 0.220 e. The third-order valence-corrected chi connectivity index (χ3v) is 7.63. The molecule has 5 heteroatoms. The van der Waals surface area contributed by atoms with Crippen LogP contribution < -0.4 is 5.32 Å². The second-order valence-electron chi connectivity index (χ2n) is 11.7. The fraction of sp³-hybridized carbons (Fsp3) is 0.757. The average Bonchev–Trinajstić information content (AvgIpc) is 2.99. The van der Waals surface area contributed by atoms with Crippen LogP contribution in [0.3, 0.4) is 0 Å². The monoisotopic (exact) mass is 590 g/mol. The van der Waals surface area contributed by atoms with E-state index < -0.39 is 18.2 Å². The van der Waals surface area contributed by atoms with Crippen LogP contribution in [0.1, 0.15) is 155 Å². The zero-order valence-corrected chi connectivity index (χ0v) is 27.4. The normalized spacial score (nSPS) is 14.5. The first-order chi connectivity index (χ1) is 20.6. The minimum Gasteiger partial charge on any atom is -0.394 e. The number of hydrogen-bond acceptors (Lipinski definition) is 4. The summed E-state index contributed by atoms with van der Waals surface area (Å²) in [5.41, 5.74) is 0. The molecule has 0 radical (unpaired) electrons. The molecule has 1 amide bonds. The zero-order chi connectivity index (χ0) is 30.9. The van der Waals surface area contributed by atoms with Gasteiger partial charge in [0.2, 0.25) is 5.91 Å². The molecule has 0 aliphatic carbocycles. The van der Waals surface area contributed by atoms with Crippen LogP contribution in [-0.2, 0) is 4.79 Å². The Hall–Kier alpha value is -1.69. The molecule has 0 aromatic carbocycles. The lowest BCUT2D eigenvalue weighted by atomic mass is 10.0. The van der Waals surface area contributed by atoms with Crippen molar-refractivity contribution in [2.45, 2.75) is 173 Å². The third-order valence-electron chi connectivity index (χ3n) is 7.63. The Labute approximate surface area is 259 Å². The summed E-state index contributed by atoms with van der Waals surface area (Å²) in [6, 6.07) is -0.835. The molecule has 0 spiro atoms. The van der Waals surface area contributed by atoms with Gasteiger partial charge in [-0.15, -0.1) is 0 Å². The molecule has 0 rings (SSSR count). The maximum absolute atomic E-state index is 12.3. The van der Waals surface area contributed by atoms with Crippen LogP contribution in [-0.4, -0.2) is 46.1 Å². The Bertz CT molecular complexity index is 700. The Morgan fingerprint density at radius 1 is 0.595 bits per heavy atom. The summed E-state index contributed by atoms with van der Waals surface area (Å²) in [4.78, 5) is 12.3. The molecule has 0 saturated heterocycles. The number of aliphatic hydroxyl groups is 3. The van der Waals surface area contributed by atoms with Crippen LogP contribution in [0.4, 0.5) is 0 Å². The topological polar surface area (TPSA) is 89.8 Å². The number of carbonyl (C=O) groups is 1. The van der Waals surface area contributed by atoms with Gasteiger partial charge in [0.05, 0.1) is 18.8 Å². The third kappa shape index (κ3) is 27.2. The molecule has 0 aliphatic rings. The molecule has 3 unspecified atom stereocenters. The highest BCUT2D eigenvalue weighted by atomic mass is 16.3. The van der Waals surface area contributed by atoms with Gasteiger partial charge in [0.15, 0.2) is 0 Å². The number of rotatable bonds is 30. The summed E-state index contributed by atoms with van der Waals surface area (Å²) < 4.78 is 0. The molecule has 0 aliphatic heterocycles. The van der Waals surface area contributed by atoms with E-state index in [9.17, 15) is 20.1 Å². The summed E-state index contributed by atoms with van der Waals surface area (Å²) in [5.74, 6) is -0.172. The number of unbranched alkanes of at least 4 members (excludes halogenated alkanes) is 14. The van der Waals surface area contributed by atoms with Crippen LogP contribution >= 0.6 is 0 Å². The van der Waals surface area contributed by atoms with E-state index in [4.69, 9.17) is 0 Å². The first-order valence-corrected chi connectivity index (χ1v) is 17.4. The van der Waals surface area contributed by atoms with Gasteiger partial charge in [-0.1, -0.05) is 120 Å². The predicted octanol–water partition coefficient (Wildman–Crippen LogP) is 9.03. The van der Waals surface area contributed by atoms with Gasteiger partial charge in [-0.2, -0.15) is 0 Å². The molecule has 0 saturated carbocycles. The van der Waals surface area contributed by atoms with E-state index in [0.717, 1.165) is 64.2 Å². The quantitative estimate of drug-likeness (QED) is 0.0497. The zero-order valence-electron chi connectivity index (χ0n) is 27.4. The fourth-order valence-corrected chi connectivity index (χ4v) is 4.84. The molecule has 0 bridgehead atoms. The van der Waals surface area contributed by atoms with E-state index in [1.54, 1.807) is 0 Å². The Kier molecular flexibility index (Phi) is 30.9. The summed E-state index contributed by atoms with van der Waals surface area (Å²) in [6.45, 7) is 4.05. The van der Waals surface area contributed by atoms with E-state index in [0.29, 0.717) is 12.8 Å². The minimum absolute atomic E-state index is 0.172. The number of carbonyl (C=O) groups excluding carboxylic acids is 1. The van der Waals surface area contributed by atoms with Crippen molar-refractivity contribution in [3.05, 3.63) is 48.6 Å². The summed E-state index contributed by atoms with van der Waals surface area (Å²) >= 11 is 0. The SMILES string of the molecule is CCCC/C=C/CC/C=C/CCCC(O)C(O)C(CO)NC(=O)CCCCCCCCC/C=C\C/C=C\CCCCC. The summed E-state index contributed by atoms with van der Waals surface area (Å²) in [5, 5.41) is 33.2. The number of hydrogen-bond donors (Lipinski definition) is 4. The Morgan fingerprint density at radius 3 is 1.67 bits per heavy atom. The number of amides is 1. The van der Waals surface area contributed by atoms with Gasteiger partial charge in [0, 0.05) is 6.42 Å². The van der Waals surface area contributed by atoms with Crippen molar-refractivity contribution in [1.29, 1.82) is 0 Å². The van der Waals surface area contributed by atoms with Crippen molar-refractivity contribution in [2.75, 3.05) is 6.61 Å². The number of nitrogens with one attached hydrogen (secondary N) is 1. The van der Waals surface area contributed by atoms with Crippen molar-refractivity contribution >= 4 is 5.91 Å². The minimum atomic E-state index is -1.17. The van der Waals surface area contributed by atoms with E-state index in [1.807, 2.05) is 0 Å². The highest BCUT2D eigenvalue weighted by Gasteiger charge is 2.26. The molecular formula is C37H67NO4. The summed E-state index contributed by atoms with van der Waals surface area (Å²) in [7, 11) is 0. The molecule has 244 valence electrons. The predicted molar refractivity (Wildman–Crippen MR) is 181 cm³/mol. The average molecular weight is 590 g/mol. The highest BCUT2D eigenvalue weighted by Crippen LogP contribution is 2.12. The van der Waals surface area contributed by atoms with Gasteiger partial charge >= 0.3 is 0 Å². The number of aliphatic hydroxyl groups excluding tert-OH is 3. The van der Waals surface area contributed by atoms with Crippen LogP contribution in [0.15, 0.2) is 48.6 Å². The van der Waals surface area contributed by atoms with Gasteiger partial charge in [-0.05, 0) is 77.0 Å². The molecule has 0 heterocycles. The van der Waals surface area contributed by atoms with Crippen LogP contribution in [0, 0.1) is 0 Å². The highest BCUT2D eigenvalue weighted by molar-refractivity contribution is 5.76. The first-order valence-electron chi connectivity index (χ1n) is 17.4. The lowest BCUT2D eigenvalue weighted by Crippen LogP contribution is -2.50. The van der Waals surface area contributed by atoms with Crippen LogP contribution in [0.25, 0.3) is 0 Å². The van der Waals surface area contributed by atoms with Gasteiger partial charge in [-0.3, -0.25) is 4.79 Å². The smallest absolute Gasteiger partial charge is 0.220 e. The lowest BCUT2D eigenvalue weighted by Gasteiger charge is -2.26. The lowest BCUT2D eigenvalue weighted by molar-refractivity contribution is -0.124. The van der Waals surface area contributed by atoms with Crippen LogP contribution in [0.2, 0.25) is 0 Å². The van der Waals surface area contributed by atoms with Gasteiger partial charge < -0.3 is 20.6 Å². The van der Waals surface area contributed by atoms with Crippen molar-refractivity contribution < 1.29 is 20.1 Å². The Balaban J connectivity index is 3.79. The molecule has 0 aromatic rings. The Morgan fingerprint density at radius 2 is 1.07 bits per heavy atom. The second-order valence-corrected chi connectivity index (χ2v) is 11.7. The van der Waals surface area contributed by atoms with E-state index >= 15 is 0 Å². The van der Waals surface area contributed by atoms with Gasteiger partial charge in [0.1, 0.15) is 6.10 Å². The van der Waals surface area contributed by atoms with Crippen molar-refractivity contribution in [3.63, 3.8) is 0 Å². The molecule has 0 fully saturated rings. The maximum atomic E-state index is 12.3. The summed E-state index contributed by atoms with van der Waals surface area (Å²) in [6.07, 6.45) is 39.1. The van der Waals surface area contributed by atoms with Gasteiger partial charge in [0.25, 0.3) is 0 Å². The van der Waals surface area contributed by atoms with Crippen molar-refractivity contribution in [1.82, 2.24) is 5.32 Å². The van der Waals surface area contributed by atoms with Crippen molar-refractivity contribution in [3.8, 4) is 0 Å². The van der Waals surface area contributed by atoms with E-state index in [2.05, 4.69) is 67.8 Å². The molecule has 5 nitrogen and oxygen atoms in total. The van der Waals surface area contributed by atoms with Crippen LogP contribution in [0.5, 0.6) is 0 Å². The van der Waals surface area contributed by atoms with Crippen molar-refractivity contribution in [2.24, 2.45) is 0 Å².